The second kappa shape index (κ2) is 6.62. The van der Waals surface area contributed by atoms with Gasteiger partial charge in [0.2, 0.25) is 0 Å². The molecule has 1 saturated heterocycles. The molecule has 0 aliphatic carbocycles. The van der Waals surface area contributed by atoms with Gasteiger partial charge in [-0.25, -0.2) is 0 Å². The summed E-state index contributed by atoms with van der Waals surface area (Å²) >= 11 is 1.98. The Hall–Kier alpha value is 0.270. The van der Waals surface area contributed by atoms with E-state index in [2.05, 4.69) is 58.0 Å². The molecular formula is C15H32N2S. The molecule has 1 heterocycles. The topological polar surface area (TPSA) is 15.3 Å². The van der Waals surface area contributed by atoms with Gasteiger partial charge < -0.3 is 5.32 Å². The summed E-state index contributed by atoms with van der Waals surface area (Å²) in [4.78, 5) is 2.72. The minimum Gasteiger partial charge on any atom is -0.311 e. The van der Waals surface area contributed by atoms with Crippen molar-refractivity contribution in [3.8, 4) is 0 Å². The Kier molecular flexibility index (Phi) is 6.01. The Labute approximate surface area is 118 Å². The summed E-state index contributed by atoms with van der Waals surface area (Å²) in [6.45, 7) is 17.6. The van der Waals surface area contributed by atoms with Gasteiger partial charge in [-0.05, 0) is 17.6 Å². The van der Waals surface area contributed by atoms with Gasteiger partial charge in [-0.3, -0.25) is 4.90 Å². The zero-order valence-electron chi connectivity index (χ0n) is 13.3. The second-order valence-corrected chi connectivity index (χ2v) is 8.41. The summed E-state index contributed by atoms with van der Waals surface area (Å²) in [5.74, 6) is 0.729. The number of rotatable bonds is 4. The first-order valence-electron chi connectivity index (χ1n) is 7.26. The molecule has 0 spiro atoms. The maximum atomic E-state index is 3.76. The minimum absolute atomic E-state index is 0.350. The predicted octanol–water partition coefficient (Wildman–Crippen LogP) is 3.08. The van der Waals surface area contributed by atoms with Crippen molar-refractivity contribution in [2.45, 2.75) is 58.9 Å². The molecule has 3 atom stereocenters. The van der Waals surface area contributed by atoms with E-state index in [1.54, 1.807) is 0 Å². The zero-order valence-corrected chi connectivity index (χ0v) is 14.1. The Bertz CT molecular complexity index is 247. The molecule has 1 fully saturated rings. The van der Waals surface area contributed by atoms with Gasteiger partial charge >= 0.3 is 0 Å². The van der Waals surface area contributed by atoms with Crippen LogP contribution in [0.1, 0.15) is 41.5 Å². The average molecular weight is 273 g/mol. The van der Waals surface area contributed by atoms with Crippen LogP contribution >= 0.6 is 11.8 Å². The van der Waals surface area contributed by atoms with E-state index in [-0.39, 0.29) is 0 Å². The van der Waals surface area contributed by atoms with Crippen LogP contribution in [0.2, 0.25) is 0 Å². The van der Waals surface area contributed by atoms with E-state index in [0.29, 0.717) is 17.5 Å². The third kappa shape index (κ3) is 4.43. The normalized spacial score (nSPS) is 28.7. The maximum Gasteiger partial charge on any atom is 0.0244 e. The first-order valence-corrected chi connectivity index (χ1v) is 8.54. The van der Waals surface area contributed by atoms with Crippen molar-refractivity contribution in [2.75, 3.05) is 25.9 Å². The van der Waals surface area contributed by atoms with Crippen molar-refractivity contribution in [1.82, 2.24) is 10.2 Å². The fourth-order valence-corrected chi connectivity index (χ4v) is 3.02. The van der Waals surface area contributed by atoms with Gasteiger partial charge in [0, 0.05) is 37.0 Å². The highest BCUT2D eigenvalue weighted by Gasteiger charge is 2.35. The van der Waals surface area contributed by atoms with Gasteiger partial charge in [-0.15, -0.1) is 0 Å². The summed E-state index contributed by atoms with van der Waals surface area (Å²) < 4.78 is 0. The third-order valence-corrected chi connectivity index (χ3v) is 5.12. The number of hydrogen-bond donors (Lipinski definition) is 1. The van der Waals surface area contributed by atoms with Crippen molar-refractivity contribution in [1.29, 1.82) is 0 Å². The van der Waals surface area contributed by atoms with Crippen LogP contribution in [0.4, 0.5) is 0 Å². The first kappa shape index (κ1) is 16.3. The Balaban J connectivity index is 2.70. The molecule has 0 aromatic carbocycles. The quantitative estimate of drug-likeness (QED) is 0.847. The molecule has 3 unspecified atom stereocenters. The van der Waals surface area contributed by atoms with E-state index in [0.717, 1.165) is 17.7 Å². The molecule has 0 amide bonds. The van der Waals surface area contributed by atoms with Gasteiger partial charge in [0.25, 0.3) is 0 Å². The van der Waals surface area contributed by atoms with Gasteiger partial charge in [0.15, 0.2) is 0 Å². The highest BCUT2D eigenvalue weighted by Crippen LogP contribution is 2.26. The van der Waals surface area contributed by atoms with Crippen LogP contribution in [0.3, 0.4) is 0 Å². The molecule has 0 radical (unpaired) electrons. The molecule has 0 bridgehead atoms. The van der Waals surface area contributed by atoms with Gasteiger partial charge in [0.1, 0.15) is 0 Å². The lowest BCUT2D eigenvalue weighted by atomic mass is 9.83. The minimum atomic E-state index is 0.350. The van der Waals surface area contributed by atoms with Crippen LogP contribution in [-0.4, -0.2) is 48.1 Å². The number of nitrogens with zero attached hydrogens (tertiary/aromatic N) is 1. The van der Waals surface area contributed by atoms with Crippen molar-refractivity contribution < 1.29 is 0 Å². The summed E-state index contributed by atoms with van der Waals surface area (Å²) in [7, 11) is 0. The molecule has 1 aliphatic heterocycles. The highest BCUT2D eigenvalue weighted by atomic mass is 32.2. The lowest BCUT2D eigenvalue weighted by molar-refractivity contribution is 0.0645. The lowest BCUT2D eigenvalue weighted by Crippen LogP contribution is -2.62. The Morgan fingerprint density at radius 3 is 2.33 bits per heavy atom. The fraction of sp³-hybridized carbons (Fsp3) is 1.00. The molecule has 1 aliphatic rings. The van der Waals surface area contributed by atoms with E-state index >= 15 is 0 Å². The van der Waals surface area contributed by atoms with Gasteiger partial charge in [-0.1, -0.05) is 41.5 Å². The van der Waals surface area contributed by atoms with Crippen LogP contribution in [0, 0.1) is 11.3 Å². The van der Waals surface area contributed by atoms with Gasteiger partial charge in [-0.2, -0.15) is 11.8 Å². The highest BCUT2D eigenvalue weighted by molar-refractivity contribution is 7.99. The van der Waals surface area contributed by atoms with E-state index in [9.17, 15) is 0 Å². The Morgan fingerprint density at radius 2 is 1.89 bits per heavy atom. The molecule has 0 aromatic rings. The van der Waals surface area contributed by atoms with Crippen LogP contribution in [0.15, 0.2) is 0 Å². The van der Waals surface area contributed by atoms with Gasteiger partial charge in [0.05, 0.1) is 0 Å². The Morgan fingerprint density at radius 1 is 1.28 bits per heavy atom. The fourth-order valence-electron chi connectivity index (χ4n) is 2.68. The van der Waals surface area contributed by atoms with Crippen molar-refractivity contribution in [3.63, 3.8) is 0 Å². The molecule has 1 rings (SSSR count). The summed E-state index contributed by atoms with van der Waals surface area (Å²) in [6.07, 6.45) is 2.22. The molecule has 1 N–H and O–H groups in total. The van der Waals surface area contributed by atoms with E-state index in [1.807, 2.05) is 11.8 Å². The van der Waals surface area contributed by atoms with Crippen LogP contribution in [-0.2, 0) is 0 Å². The number of thioether (sulfide) groups is 1. The lowest BCUT2D eigenvalue weighted by Gasteiger charge is -2.47. The van der Waals surface area contributed by atoms with Crippen LogP contribution in [0.5, 0.6) is 0 Å². The average Bonchev–Trinajstić information content (AvgIpc) is 2.27. The zero-order chi connectivity index (χ0) is 13.9. The van der Waals surface area contributed by atoms with E-state index in [1.165, 1.54) is 13.1 Å². The SMILES string of the molecule is CSC(C)CN1CC(C(C)(C)C)NCC1C(C)C. The molecular weight excluding hydrogens is 240 g/mol. The third-order valence-electron chi connectivity index (χ3n) is 4.17. The van der Waals surface area contributed by atoms with Crippen molar-refractivity contribution in [3.05, 3.63) is 0 Å². The molecule has 2 nitrogen and oxygen atoms in total. The maximum absolute atomic E-state index is 3.76. The summed E-state index contributed by atoms with van der Waals surface area (Å²) in [6, 6.07) is 1.31. The molecule has 3 heteroatoms. The molecule has 0 saturated carbocycles. The van der Waals surface area contributed by atoms with Crippen LogP contribution in [0.25, 0.3) is 0 Å². The molecule has 18 heavy (non-hydrogen) atoms. The number of nitrogens with one attached hydrogen (secondary N) is 1. The summed E-state index contributed by atoms with van der Waals surface area (Å²) in [5, 5.41) is 4.49. The number of hydrogen-bond acceptors (Lipinski definition) is 3. The molecule has 0 aromatic heterocycles. The standard InChI is InChI=1S/C15H32N2S/c1-11(2)13-8-16-14(15(4,5)6)10-17(13)9-12(3)18-7/h11-14,16H,8-10H2,1-7H3. The monoisotopic (exact) mass is 272 g/mol. The van der Waals surface area contributed by atoms with Crippen molar-refractivity contribution in [2.24, 2.45) is 11.3 Å². The molecule has 108 valence electrons. The predicted molar refractivity (Wildman–Crippen MR) is 84.4 cm³/mol. The van der Waals surface area contributed by atoms with E-state index in [4.69, 9.17) is 0 Å². The number of piperazine rings is 1. The van der Waals surface area contributed by atoms with Crippen LogP contribution < -0.4 is 5.32 Å². The van der Waals surface area contributed by atoms with Crippen molar-refractivity contribution >= 4 is 11.8 Å². The second-order valence-electron chi connectivity index (χ2n) is 7.14. The van der Waals surface area contributed by atoms with E-state index < -0.39 is 0 Å². The smallest absolute Gasteiger partial charge is 0.0244 e. The summed E-state index contributed by atoms with van der Waals surface area (Å²) in [5.41, 5.74) is 0.350. The first-order chi connectivity index (χ1) is 8.25. The largest absolute Gasteiger partial charge is 0.311 e.